The van der Waals surface area contributed by atoms with Gasteiger partial charge in [-0.25, -0.2) is 4.79 Å². The van der Waals surface area contributed by atoms with E-state index < -0.39 is 5.97 Å². The average molecular weight is 712 g/mol. The highest BCUT2D eigenvalue weighted by Crippen LogP contribution is 2.40. The molecule has 0 atom stereocenters. The van der Waals surface area contributed by atoms with Gasteiger partial charge in [0, 0.05) is 44.4 Å². The smallest absolute Gasteiger partial charge is 0.337 e. The average Bonchev–Trinajstić information content (AvgIpc) is 3.48. The Labute approximate surface area is 280 Å². The molecule has 45 heavy (non-hydrogen) atoms. The van der Waals surface area contributed by atoms with Crippen molar-refractivity contribution in [3.05, 3.63) is 96.3 Å². The minimum absolute atomic E-state index is 0.306. The molecule has 0 aliphatic heterocycles. The number of esters is 1. The van der Waals surface area contributed by atoms with E-state index in [2.05, 4.69) is 31.3 Å². The number of hydrogen-bond acceptors (Lipinski definition) is 5. The molecule has 8 nitrogen and oxygen atoms in total. The monoisotopic (exact) mass is 710 g/mol. The van der Waals surface area contributed by atoms with Gasteiger partial charge in [0.25, 0.3) is 5.91 Å². The van der Waals surface area contributed by atoms with Crippen molar-refractivity contribution < 1.29 is 19.1 Å². The van der Waals surface area contributed by atoms with Gasteiger partial charge in [0.15, 0.2) is 0 Å². The number of aromatic nitrogens is 3. The summed E-state index contributed by atoms with van der Waals surface area (Å²) in [5.74, 6) is -0.119. The van der Waals surface area contributed by atoms with Gasteiger partial charge in [-0.3, -0.25) is 9.48 Å². The molecule has 5 aromatic rings. The normalized spacial score (nSPS) is 11.2. The van der Waals surface area contributed by atoms with Gasteiger partial charge in [0.05, 0.1) is 35.5 Å². The molecule has 1 amide bonds. The number of anilines is 1. The Kier molecular flexibility index (Phi) is 9.63. The second-order valence-corrected chi connectivity index (χ2v) is 12.7. The minimum Gasteiger partial charge on any atom is -0.494 e. The number of hydrogen-bond donors (Lipinski definition) is 2. The number of nitrogens with zero attached hydrogens (tertiary/aromatic N) is 2. The Morgan fingerprint density at radius 3 is 2.38 bits per heavy atom. The van der Waals surface area contributed by atoms with Crippen molar-refractivity contribution in [1.29, 1.82) is 0 Å². The van der Waals surface area contributed by atoms with Crippen LogP contribution in [0.2, 0.25) is 10.0 Å². The Bertz CT molecular complexity index is 1940. The van der Waals surface area contributed by atoms with Crippen molar-refractivity contribution in [1.82, 2.24) is 14.8 Å². The molecule has 0 aliphatic rings. The summed E-state index contributed by atoms with van der Waals surface area (Å²) in [6.07, 6.45) is 1.19. The third kappa shape index (κ3) is 6.61. The van der Waals surface area contributed by atoms with Gasteiger partial charge in [-0.1, -0.05) is 45.2 Å². The lowest BCUT2D eigenvalue weighted by Gasteiger charge is -2.11. The lowest BCUT2D eigenvalue weighted by molar-refractivity contribution is 0.0600. The number of amides is 1. The van der Waals surface area contributed by atoms with Gasteiger partial charge in [-0.05, 0) is 93.6 Å². The molecule has 0 radical (unpaired) electrons. The molecule has 2 heterocycles. The summed E-state index contributed by atoms with van der Waals surface area (Å²) in [7, 11) is 3.20. The van der Waals surface area contributed by atoms with E-state index in [1.165, 1.54) is 7.11 Å². The Morgan fingerprint density at radius 2 is 1.73 bits per heavy atom. The number of methoxy groups -OCH3 is 1. The van der Waals surface area contributed by atoms with Crippen LogP contribution in [0, 0.1) is 27.7 Å². The predicted octanol–water partition coefficient (Wildman–Crippen LogP) is 8.92. The van der Waals surface area contributed by atoms with Crippen molar-refractivity contribution in [2.24, 2.45) is 7.05 Å². The molecule has 2 N–H and O–H groups in total. The Balaban J connectivity index is 1.54. The van der Waals surface area contributed by atoms with Crippen LogP contribution in [0.15, 0.2) is 46.9 Å². The number of ether oxygens (including phenoxy) is 2. The van der Waals surface area contributed by atoms with E-state index in [0.29, 0.717) is 45.9 Å². The van der Waals surface area contributed by atoms with Crippen LogP contribution in [0.1, 0.15) is 55.3 Å². The van der Waals surface area contributed by atoms with Crippen LogP contribution >= 0.6 is 39.1 Å². The second-order valence-electron chi connectivity index (χ2n) is 11.0. The van der Waals surface area contributed by atoms with Crippen molar-refractivity contribution in [2.75, 3.05) is 19.0 Å². The number of nitrogens with one attached hydrogen (secondary N) is 2. The molecule has 0 saturated carbocycles. The number of rotatable bonds is 9. The largest absolute Gasteiger partial charge is 0.494 e. The van der Waals surface area contributed by atoms with E-state index in [9.17, 15) is 9.59 Å². The van der Waals surface area contributed by atoms with Gasteiger partial charge in [0.1, 0.15) is 11.4 Å². The number of fused-ring (bicyclic) bond motifs is 1. The highest BCUT2D eigenvalue weighted by atomic mass is 79.9. The number of H-pyrrole nitrogens is 1. The number of halogens is 3. The quantitative estimate of drug-likeness (QED) is 0.118. The first-order valence-corrected chi connectivity index (χ1v) is 15.9. The molecule has 0 saturated heterocycles. The third-order valence-corrected chi connectivity index (χ3v) is 9.21. The SMILES string of the molecule is COC(=O)c1cc(Br)cc(NC(=O)c2[nH]c3c(-c4c(C)nn(C)c4C)c(Cl)ccc3c2CCCOc2cc(C)c(Cl)c(C)c2)c1. The highest BCUT2D eigenvalue weighted by Gasteiger charge is 2.24. The van der Waals surface area contributed by atoms with Gasteiger partial charge in [0.2, 0.25) is 0 Å². The Morgan fingerprint density at radius 1 is 1.02 bits per heavy atom. The van der Waals surface area contributed by atoms with Gasteiger partial charge in [-0.15, -0.1) is 0 Å². The summed E-state index contributed by atoms with van der Waals surface area (Å²) in [5, 5.41) is 9.71. The van der Waals surface area contributed by atoms with Crippen LogP contribution in [0.25, 0.3) is 22.0 Å². The molecule has 2 aromatic heterocycles. The topological polar surface area (TPSA) is 98.2 Å². The molecule has 3 aromatic carbocycles. The number of benzene rings is 3. The van der Waals surface area contributed by atoms with Crippen molar-refractivity contribution in [3.63, 3.8) is 0 Å². The zero-order valence-corrected chi connectivity index (χ0v) is 28.9. The first-order valence-electron chi connectivity index (χ1n) is 14.3. The number of carbonyl (C=O) groups is 2. The highest BCUT2D eigenvalue weighted by molar-refractivity contribution is 9.10. The third-order valence-electron chi connectivity index (χ3n) is 7.84. The maximum absolute atomic E-state index is 13.9. The zero-order valence-electron chi connectivity index (χ0n) is 25.8. The number of aromatic amines is 1. The fourth-order valence-corrected chi connectivity index (χ4v) is 6.50. The lowest BCUT2D eigenvalue weighted by Crippen LogP contribution is -2.15. The molecule has 0 fully saturated rings. The van der Waals surface area contributed by atoms with E-state index in [4.69, 9.17) is 32.7 Å². The fourth-order valence-electron chi connectivity index (χ4n) is 5.65. The van der Waals surface area contributed by atoms with Crippen LogP contribution in [0.5, 0.6) is 5.75 Å². The standard InChI is InChI=1S/C34H33BrCl2N4O4/c1-17-12-24(13-18(2)30(17)37)45-11-7-8-25-26-9-10-27(36)29(28-19(3)40-41(5)20(28)4)31(26)39-32(25)33(42)38-23-15-21(34(43)44-6)14-22(35)16-23/h9-10,12-16,39H,7-8,11H2,1-6H3,(H,38,42). The summed E-state index contributed by atoms with van der Waals surface area (Å²) < 4.78 is 13.4. The summed E-state index contributed by atoms with van der Waals surface area (Å²) >= 11 is 16.6. The van der Waals surface area contributed by atoms with E-state index in [1.54, 1.807) is 18.2 Å². The maximum Gasteiger partial charge on any atom is 0.337 e. The fraction of sp³-hybridized carbons (Fsp3) is 0.265. The van der Waals surface area contributed by atoms with Gasteiger partial charge in [-0.2, -0.15) is 5.10 Å². The van der Waals surface area contributed by atoms with Crippen molar-refractivity contribution >= 4 is 67.6 Å². The molecule has 0 aliphatic carbocycles. The molecular formula is C34H33BrCl2N4O4. The van der Waals surface area contributed by atoms with E-state index in [0.717, 1.165) is 60.9 Å². The van der Waals surface area contributed by atoms with Crippen LogP contribution in [0.3, 0.4) is 0 Å². The molecule has 0 unspecified atom stereocenters. The van der Waals surface area contributed by atoms with Crippen LogP contribution in [-0.4, -0.2) is 40.4 Å². The molecule has 0 spiro atoms. The molecular weight excluding hydrogens is 679 g/mol. The van der Waals surface area contributed by atoms with E-state index in [1.807, 2.05) is 63.7 Å². The van der Waals surface area contributed by atoms with Crippen LogP contribution < -0.4 is 10.1 Å². The van der Waals surface area contributed by atoms with Crippen molar-refractivity contribution in [2.45, 2.75) is 40.5 Å². The Hall–Kier alpha value is -3.79. The summed E-state index contributed by atoms with van der Waals surface area (Å²) in [5.41, 5.74) is 8.11. The summed E-state index contributed by atoms with van der Waals surface area (Å²) in [6, 6.07) is 12.6. The van der Waals surface area contributed by atoms with Gasteiger partial charge < -0.3 is 19.8 Å². The minimum atomic E-state index is -0.509. The predicted molar refractivity (Wildman–Crippen MR) is 183 cm³/mol. The second kappa shape index (κ2) is 13.3. The summed E-state index contributed by atoms with van der Waals surface area (Å²) in [6.45, 7) is 8.27. The summed E-state index contributed by atoms with van der Waals surface area (Å²) in [4.78, 5) is 29.5. The molecule has 234 valence electrons. The first-order chi connectivity index (χ1) is 21.4. The van der Waals surface area contributed by atoms with Gasteiger partial charge >= 0.3 is 5.97 Å². The van der Waals surface area contributed by atoms with Crippen LogP contribution in [-0.2, 0) is 18.2 Å². The van der Waals surface area contributed by atoms with E-state index >= 15 is 0 Å². The van der Waals surface area contributed by atoms with Crippen molar-refractivity contribution in [3.8, 4) is 16.9 Å². The number of aryl methyl sites for hydroxylation is 5. The lowest BCUT2D eigenvalue weighted by atomic mass is 9.98. The molecule has 0 bridgehead atoms. The first kappa shape index (κ1) is 32.6. The zero-order chi connectivity index (χ0) is 32.6. The number of carbonyl (C=O) groups excluding carboxylic acids is 2. The maximum atomic E-state index is 13.9. The van der Waals surface area contributed by atoms with E-state index in [-0.39, 0.29) is 5.91 Å². The van der Waals surface area contributed by atoms with Crippen LogP contribution in [0.4, 0.5) is 5.69 Å². The molecule has 5 rings (SSSR count). The molecule has 11 heteroatoms.